The van der Waals surface area contributed by atoms with Gasteiger partial charge in [0, 0.05) is 6.42 Å². The fraction of sp³-hybridized carbons (Fsp3) is 1.00. The van der Waals surface area contributed by atoms with Crippen LogP contribution in [-0.2, 0) is 9.47 Å². The maximum Gasteiger partial charge on any atom is 0.180 e. The van der Waals surface area contributed by atoms with Crippen molar-refractivity contribution in [3.05, 3.63) is 0 Å². The van der Waals surface area contributed by atoms with Gasteiger partial charge in [0.05, 0.1) is 17.1 Å². The molecule has 1 heterocycles. The van der Waals surface area contributed by atoms with Gasteiger partial charge in [-0.3, -0.25) is 0 Å². The molecule has 0 N–H and O–H groups in total. The predicted octanol–water partition coefficient (Wildman–Crippen LogP) is 2.35. The summed E-state index contributed by atoms with van der Waals surface area (Å²) in [7, 11) is 0. The van der Waals surface area contributed by atoms with Crippen LogP contribution in [0.3, 0.4) is 0 Å². The number of alkyl halides is 1. The first kappa shape index (κ1) is 9.21. The van der Waals surface area contributed by atoms with Gasteiger partial charge in [-0.15, -0.1) is 0 Å². The highest BCUT2D eigenvalue weighted by molar-refractivity contribution is 14.1. The van der Waals surface area contributed by atoms with Crippen molar-refractivity contribution in [2.75, 3.05) is 13.2 Å². The molecule has 2 fully saturated rings. The molecule has 1 aliphatic heterocycles. The zero-order valence-corrected chi connectivity index (χ0v) is 9.54. The Morgan fingerprint density at radius 1 is 1.33 bits per heavy atom. The molecule has 0 amide bonds. The van der Waals surface area contributed by atoms with Crippen LogP contribution < -0.4 is 0 Å². The number of hydrogen-bond acceptors (Lipinski definition) is 2. The zero-order chi connectivity index (χ0) is 8.60. The van der Waals surface area contributed by atoms with Crippen LogP contribution in [0.2, 0.25) is 0 Å². The van der Waals surface area contributed by atoms with Crippen molar-refractivity contribution in [3.63, 3.8) is 0 Å². The molecule has 0 bridgehead atoms. The molecule has 0 aromatic rings. The fourth-order valence-electron chi connectivity index (χ4n) is 2.16. The Bertz CT molecular complexity index is 166. The Morgan fingerprint density at radius 3 is 2.67 bits per heavy atom. The van der Waals surface area contributed by atoms with Gasteiger partial charge in [-0.2, -0.15) is 0 Å². The van der Waals surface area contributed by atoms with E-state index >= 15 is 0 Å². The van der Waals surface area contributed by atoms with Crippen LogP contribution in [0, 0.1) is 5.92 Å². The Kier molecular flexibility index (Phi) is 2.63. The molecule has 2 rings (SSSR count). The molecule has 2 atom stereocenters. The molecule has 2 aliphatic rings. The summed E-state index contributed by atoms with van der Waals surface area (Å²) in [6.45, 7) is 3.86. The fourth-order valence-corrected chi connectivity index (χ4v) is 3.19. The van der Waals surface area contributed by atoms with Crippen LogP contribution in [-0.4, -0.2) is 22.9 Å². The van der Waals surface area contributed by atoms with Crippen molar-refractivity contribution in [1.82, 2.24) is 0 Å². The van der Waals surface area contributed by atoms with Crippen molar-refractivity contribution in [1.29, 1.82) is 0 Å². The van der Waals surface area contributed by atoms with Crippen molar-refractivity contribution < 1.29 is 9.47 Å². The van der Waals surface area contributed by atoms with Gasteiger partial charge in [0.1, 0.15) is 0 Å². The third-order valence-electron chi connectivity index (χ3n) is 2.88. The highest BCUT2D eigenvalue weighted by atomic mass is 127. The second-order valence-corrected chi connectivity index (χ2v) is 5.12. The first-order chi connectivity index (χ1) is 5.75. The second-order valence-electron chi connectivity index (χ2n) is 3.78. The minimum absolute atomic E-state index is 0.210. The SMILES string of the molecule is CC1CCCC2(OCCO2)C1I. The van der Waals surface area contributed by atoms with Gasteiger partial charge < -0.3 is 9.47 Å². The van der Waals surface area contributed by atoms with Gasteiger partial charge >= 0.3 is 0 Å². The normalized spacial score (nSPS) is 40.5. The predicted molar refractivity (Wildman–Crippen MR) is 55.5 cm³/mol. The first-order valence-corrected chi connectivity index (χ1v) is 5.91. The summed E-state index contributed by atoms with van der Waals surface area (Å²) in [5.74, 6) is 0.524. The Morgan fingerprint density at radius 2 is 2.00 bits per heavy atom. The van der Waals surface area contributed by atoms with Crippen LogP contribution in [0.4, 0.5) is 0 Å². The summed E-state index contributed by atoms with van der Waals surface area (Å²) >= 11 is 2.49. The molecule has 0 radical (unpaired) electrons. The standard InChI is InChI=1S/C9H15IO2/c1-7-3-2-4-9(8(7)10)11-5-6-12-9/h7-8H,2-6H2,1H3. The third-order valence-corrected chi connectivity index (χ3v) is 5.06. The van der Waals surface area contributed by atoms with Gasteiger partial charge in [-0.25, -0.2) is 0 Å². The van der Waals surface area contributed by atoms with Gasteiger partial charge in [-0.05, 0) is 18.8 Å². The molecule has 1 aliphatic carbocycles. The van der Waals surface area contributed by atoms with E-state index in [-0.39, 0.29) is 5.79 Å². The maximum absolute atomic E-state index is 5.73. The topological polar surface area (TPSA) is 18.5 Å². The molecule has 12 heavy (non-hydrogen) atoms. The largest absolute Gasteiger partial charge is 0.346 e. The number of halogens is 1. The van der Waals surface area contributed by atoms with Gasteiger partial charge in [0.25, 0.3) is 0 Å². The van der Waals surface area contributed by atoms with Gasteiger partial charge in [0.2, 0.25) is 0 Å². The Hall–Kier alpha value is 0.650. The van der Waals surface area contributed by atoms with E-state index in [1.807, 2.05) is 0 Å². The summed E-state index contributed by atoms with van der Waals surface area (Å²) in [6.07, 6.45) is 3.66. The van der Waals surface area contributed by atoms with Crippen LogP contribution in [0.15, 0.2) is 0 Å². The van der Waals surface area contributed by atoms with Crippen molar-refractivity contribution in [2.45, 2.75) is 35.9 Å². The van der Waals surface area contributed by atoms with Crippen LogP contribution in [0.1, 0.15) is 26.2 Å². The van der Waals surface area contributed by atoms with Gasteiger partial charge in [-0.1, -0.05) is 29.5 Å². The molecule has 70 valence electrons. The van der Waals surface area contributed by atoms with E-state index < -0.39 is 0 Å². The molecule has 1 spiro atoms. The van der Waals surface area contributed by atoms with Crippen molar-refractivity contribution in [3.8, 4) is 0 Å². The molecule has 2 unspecified atom stereocenters. The average molecular weight is 282 g/mol. The molecule has 0 aromatic heterocycles. The zero-order valence-electron chi connectivity index (χ0n) is 7.38. The summed E-state index contributed by atoms with van der Waals surface area (Å²) in [5, 5.41) is 0. The number of ether oxygens (including phenoxy) is 2. The highest BCUT2D eigenvalue weighted by Gasteiger charge is 2.47. The Labute approximate surface area is 87.1 Å². The molecular weight excluding hydrogens is 267 g/mol. The molecule has 2 nitrogen and oxygen atoms in total. The number of hydrogen-bond donors (Lipinski definition) is 0. The van der Waals surface area contributed by atoms with Crippen LogP contribution >= 0.6 is 22.6 Å². The third kappa shape index (κ3) is 1.40. The van der Waals surface area contributed by atoms with Crippen molar-refractivity contribution >= 4 is 22.6 Å². The van der Waals surface area contributed by atoms with Crippen molar-refractivity contribution in [2.24, 2.45) is 5.92 Å². The van der Waals surface area contributed by atoms with E-state index in [9.17, 15) is 0 Å². The van der Waals surface area contributed by atoms with E-state index in [0.29, 0.717) is 3.92 Å². The molecule has 0 aromatic carbocycles. The smallest absolute Gasteiger partial charge is 0.180 e. The Balaban J connectivity index is 2.11. The summed E-state index contributed by atoms with van der Waals surface area (Å²) < 4.78 is 12.0. The lowest BCUT2D eigenvalue weighted by atomic mass is 9.86. The minimum Gasteiger partial charge on any atom is -0.346 e. The lowest BCUT2D eigenvalue weighted by molar-refractivity contribution is -0.176. The first-order valence-electron chi connectivity index (χ1n) is 4.66. The van der Waals surface area contributed by atoms with Crippen LogP contribution in [0.25, 0.3) is 0 Å². The second kappa shape index (κ2) is 3.42. The maximum atomic E-state index is 5.73. The van der Waals surface area contributed by atoms with E-state index in [4.69, 9.17) is 9.47 Å². The molecule has 3 heteroatoms. The molecule has 1 saturated carbocycles. The van der Waals surface area contributed by atoms with E-state index in [1.165, 1.54) is 12.8 Å². The lowest BCUT2D eigenvalue weighted by Crippen LogP contribution is -2.46. The summed E-state index contributed by atoms with van der Waals surface area (Å²) in [6, 6.07) is 0. The average Bonchev–Trinajstić information content (AvgIpc) is 2.50. The minimum atomic E-state index is -0.210. The molecular formula is C9H15IO2. The van der Waals surface area contributed by atoms with E-state index in [0.717, 1.165) is 25.6 Å². The highest BCUT2D eigenvalue weighted by Crippen LogP contribution is 2.43. The summed E-state index contributed by atoms with van der Waals surface area (Å²) in [5.41, 5.74) is 0. The lowest BCUT2D eigenvalue weighted by Gasteiger charge is -2.39. The van der Waals surface area contributed by atoms with E-state index in [1.54, 1.807) is 0 Å². The monoisotopic (exact) mass is 282 g/mol. The van der Waals surface area contributed by atoms with E-state index in [2.05, 4.69) is 29.5 Å². The van der Waals surface area contributed by atoms with Gasteiger partial charge in [0.15, 0.2) is 5.79 Å². The quantitative estimate of drug-likeness (QED) is 0.501. The summed E-state index contributed by atoms with van der Waals surface area (Å²) in [4.78, 5) is 0. The number of rotatable bonds is 0. The molecule has 1 saturated heterocycles. The van der Waals surface area contributed by atoms with Crippen LogP contribution in [0.5, 0.6) is 0 Å².